The van der Waals surface area contributed by atoms with Gasteiger partial charge < -0.3 is 14.8 Å². The fraction of sp³-hybridized carbons (Fsp3) is 0.333. The van der Waals surface area contributed by atoms with Gasteiger partial charge >= 0.3 is 0 Å². The van der Waals surface area contributed by atoms with Crippen LogP contribution in [0.4, 0.5) is 5.69 Å². The van der Waals surface area contributed by atoms with Crippen molar-refractivity contribution < 1.29 is 14.3 Å². The highest BCUT2D eigenvalue weighted by Gasteiger charge is 2.39. The molecule has 1 spiro atoms. The molecule has 7 nitrogen and oxygen atoms in total. The minimum Gasteiger partial charge on any atom is -0.347 e. The van der Waals surface area contributed by atoms with Crippen molar-refractivity contribution in [2.75, 3.05) is 31.6 Å². The fourth-order valence-corrected chi connectivity index (χ4v) is 5.99. The van der Waals surface area contributed by atoms with E-state index in [1.807, 2.05) is 42.6 Å². The molecule has 0 unspecified atom stereocenters. The van der Waals surface area contributed by atoms with Gasteiger partial charge in [0, 0.05) is 48.4 Å². The van der Waals surface area contributed by atoms with Gasteiger partial charge in [-0.05, 0) is 53.3 Å². The molecule has 0 aliphatic carbocycles. The number of nitrogens with one attached hydrogen (secondary N) is 2. The van der Waals surface area contributed by atoms with Gasteiger partial charge in [-0.1, -0.05) is 36.4 Å². The van der Waals surface area contributed by atoms with E-state index >= 15 is 0 Å². The highest BCUT2D eigenvalue weighted by atomic mass is 32.1. The van der Waals surface area contributed by atoms with Crippen LogP contribution in [0.5, 0.6) is 0 Å². The molecular weight excluding hydrogens is 496 g/mol. The van der Waals surface area contributed by atoms with Crippen LogP contribution in [0.2, 0.25) is 0 Å². The van der Waals surface area contributed by atoms with Crippen molar-refractivity contribution in [2.24, 2.45) is 0 Å². The molecule has 2 saturated heterocycles. The predicted octanol–water partition coefficient (Wildman–Crippen LogP) is 5.62. The summed E-state index contributed by atoms with van der Waals surface area (Å²) in [4.78, 5) is 16.1. The molecular formula is C30H32N4O3S. The maximum atomic E-state index is 12.6. The molecule has 2 aliphatic heterocycles. The Labute approximate surface area is 226 Å². The van der Waals surface area contributed by atoms with Gasteiger partial charge in [-0.2, -0.15) is 5.10 Å². The summed E-state index contributed by atoms with van der Waals surface area (Å²) in [5.74, 6) is -0.349. The second-order valence-electron chi connectivity index (χ2n) is 10.1. The molecule has 196 valence electrons. The number of H-pyrrole nitrogens is 1. The lowest BCUT2D eigenvalue weighted by Gasteiger charge is -2.37. The SMILES string of the molecule is Cc1cc2[nH]nc(C=Cc3cccc(CN4CCC5(CC4)OCCO5)c3)c2cc1NC(=O)Cc1cccs1. The zero-order valence-electron chi connectivity index (χ0n) is 21.5. The Morgan fingerprint density at radius 1 is 1.13 bits per heavy atom. The molecule has 0 saturated carbocycles. The molecule has 8 heteroatoms. The summed E-state index contributed by atoms with van der Waals surface area (Å²) in [5, 5.41) is 13.7. The van der Waals surface area contributed by atoms with E-state index in [9.17, 15) is 4.79 Å². The third kappa shape index (κ3) is 5.59. The number of carbonyl (C=O) groups excluding carboxylic acids is 1. The first kappa shape index (κ1) is 25.0. The standard InChI is InChI=1S/C30H32N4O3S/c1-21-16-28-25(19-27(21)31-29(35)18-24-6-3-15-38-24)26(32-33-28)8-7-22-4-2-5-23(17-22)20-34-11-9-30(10-12-34)36-13-14-37-30/h2-8,15-17,19H,9-14,18,20H2,1H3,(H,31,35)(H,32,33). The average molecular weight is 529 g/mol. The molecule has 0 bridgehead atoms. The van der Waals surface area contributed by atoms with Gasteiger partial charge in [0.2, 0.25) is 5.91 Å². The second kappa shape index (κ2) is 10.8. The summed E-state index contributed by atoms with van der Waals surface area (Å²) in [6, 6.07) is 16.6. The van der Waals surface area contributed by atoms with E-state index in [-0.39, 0.29) is 11.7 Å². The molecule has 0 radical (unpaired) electrons. The Balaban J connectivity index is 1.13. The average Bonchev–Trinajstić information content (AvgIpc) is 3.67. The zero-order valence-corrected chi connectivity index (χ0v) is 22.4. The predicted molar refractivity (Wildman–Crippen MR) is 152 cm³/mol. The number of hydrogen-bond donors (Lipinski definition) is 2. The number of aromatic amines is 1. The summed E-state index contributed by atoms with van der Waals surface area (Å²) < 4.78 is 11.7. The maximum absolute atomic E-state index is 12.6. The first-order valence-electron chi connectivity index (χ1n) is 13.1. The molecule has 2 aromatic carbocycles. The van der Waals surface area contributed by atoms with Crippen LogP contribution in [-0.4, -0.2) is 53.1 Å². The number of ether oxygens (including phenoxy) is 2. The molecule has 2 aliphatic rings. The van der Waals surface area contributed by atoms with E-state index in [0.717, 1.165) is 70.8 Å². The van der Waals surface area contributed by atoms with Gasteiger partial charge in [-0.3, -0.25) is 14.8 Å². The molecule has 38 heavy (non-hydrogen) atoms. The Hall–Kier alpha value is -3.30. The lowest BCUT2D eigenvalue weighted by molar-refractivity contribution is -0.185. The minimum absolute atomic E-state index is 0.0144. The number of anilines is 1. The largest absolute Gasteiger partial charge is 0.347 e. The van der Waals surface area contributed by atoms with E-state index in [1.54, 1.807) is 11.3 Å². The van der Waals surface area contributed by atoms with Gasteiger partial charge in [-0.25, -0.2) is 0 Å². The molecule has 6 rings (SSSR count). The zero-order chi connectivity index (χ0) is 26.0. The van der Waals surface area contributed by atoms with Gasteiger partial charge in [0.25, 0.3) is 0 Å². The Bertz CT molecular complexity index is 1440. The van der Waals surface area contributed by atoms with Crippen molar-refractivity contribution in [1.29, 1.82) is 0 Å². The third-order valence-electron chi connectivity index (χ3n) is 7.35. The lowest BCUT2D eigenvalue weighted by Crippen LogP contribution is -2.44. The van der Waals surface area contributed by atoms with E-state index in [0.29, 0.717) is 19.6 Å². The van der Waals surface area contributed by atoms with Crippen molar-refractivity contribution in [3.05, 3.63) is 81.2 Å². The first-order chi connectivity index (χ1) is 18.6. The van der Waals surface area contributed by atoms with Crippen molar-refractivity contribution >= 4 is 46.0 Å². The van der Waals surface area contributed by atoms with Crippen LogP contribution in [0.1, 0.15) is 40.1 Å². The molecule has 0 atom stereocenters. The van der Waals surface area contributed by atoms with E-state index in [4.69, 9.17) is 9.47 Å². The van der Waals surface area contributed by atoms with Crippen LogP contribution in [0.3, 0.4) is 0 Å². The number of benzene rings is 2. The molecule has 2 N–H and O–H groups in total. The van der Waals surface area contributed by atoms with Crippen molar-refractivity contribution in [2.45, 2.75) is 38.5 Å². The van der Waals surface area contributed by atoms with Gasteiger partial charge in [0.1, 0.15) is 0 Å². The number of rotatable bonds is 7. The number of amides is 1. The van der Waals surface area contributed by atoms with Crippen molar-refractivity contribution in [3.63, 3.8) is 0 Å². The molecule has 1 amide bonds. The topological polar surface area (TPSA) is 79.5 Å². The smallest absolute Gasteiger partial charge is 0.229 e. The summed E-state index contributed by atoms with van der Waals surface area (Å²) in [5.41, 5.74) is 6.02. The number of nitrogens with zero attached hydrogens (tertiary/aromatic N) is 2. The number of aryl methyl sites for hydroxylation is 1. The van der Waals surface area contributed by atoms with Crippen molar-refractivity contribution in [1.82, 2.24) is 15.1 Å². The van der Waals surface area contributed by atoms with E-state index in [1.165, 1.54) is 5.56 Å². The van der Waals surface area contributed by atoms with Crippen LogP contribution >= 0.6 is 11.3 Å². The van der Waals surface area contributed by atoms with Crippen LogP contribution < -0.4 is 5.32 Å². The fourth-order valence-electron chi connectivity index (χ4n) is 5.29. The minimum atomic E-state index is -0.335. The Morgan fingerprint density at radius 2 is 1.97 bits per heavy atom. The molecule has 2 aromatic heterocycles. The van der Waals surface area contributed by atoms with Gasteiger partial charge in [-0.15, -0.1) is 11.3 Å². The Morgan fingerprint density at radius 3 is 2.76 bits per heavy atom. The van der Waals surface area contributed by atoms with E-state index in [2.05, 4.69) is 50.8 Å². The number of fused-ring (bicyclic) bond motifs is 1. The third-order valence-corrected chi connectivity index (χ3v) is 8.22. The highest BCUT2D eigenvalue weighted by molar-refractivity contribution is 7.10. The molecule has 4 heterocycles. The summed E-state index contributed by atoms with van der Waals surface area (Å²) >= 11 is 1.59. The summed E-state index contributed by atoms with van der Waals surface area (Å²) in [6.07, 6.45) is 6.36. The maximum Gasteiger partial charge on any atom is 0.229 e. The first-order valence-corrected chi connectivity index (χ1v) is 14.0. The number of likely N-dealkylation sites (tertiary alicyclic amines) is 1. The molecule has 4 aromatic rings. The normalized spacial score (nSPS) is 17.6. The Kier molecular flexibility index (Phi) is 7.12. The van der Waals surface area contributed by atoms with Gasteiger partial charge in [0.05, 0.1) is 30.8 Å². The monoisotopic (exact) mass is 528 g/mol. The summed E-state index contributed by atoms with van der Waals surface area (Å²) in [6.45, 7) is 6.29. The molecule has 2 fully saturated rings. The summed E-state index contributed by atoms with van der Waals surface area (Å²) in [7, 11) is 0. The number of hydrogen-bond acceptors (Lipinski definition) is 6. The van der Waals surface area contributed by atoms with Crippen LogP contribution in [0.25, 0.3) is 23.1 Å². The number of aromatic nitrogens is 2. The van der Waals surface area contributed by atoms with Crippen LogP contribution in [0.15, 0.2) is 53.9 Å². The number of thiophene rings is 1. The van der Waals surface area contributed by atoms with Crippen LogP contribution in [0, 0.1) is 6.92 Å². The number of piperidine rings is 1. The lowest BCUT2D eigenvalue weighted by atomic mass is 10.0. The highest BCUT2D eigenvalue weighted by Crippen LogP contribution is 2.32. The quantitative estimate of drug-likeness (QED) is 0.325. The van der Waals surface area contributed by atoms with Crippen LogP contribution in [-0.2, 0) is 27.2 Å². The van der Waals surface area contributed by atoms with Crippen molar-refractivity contribution in [3.8, 4) is 0 Å². The van der Waals surface area contributed by atoms with E-state index < -0.39 is 0 Å². The van der Waals surface area contributed by atoms with Gasteiger partial charge in [0.15, 0.2) is 5.79 Å². The number of carbonyl (C=O) groups is 1. The second-order valence-corrected chi connectivity index (χ2v) is 11.1.